The van der Waals surface area contributed by atoms with Crippen LogP contribution in [-0.4, -0.2) is 20.7 Å². The van der Waals surface area contributed by atoms with E-state index < -0.39 is 10.8 Å². The van der Waals surface area contributed by atoms with Crippen molar-refractivity contribution < 1.29 is 4.21 Å². The Kier molecular flexibility index (Phi) is 7.72. The third-order valence-corrected chi connectivity index (χ3v) is 7.80. The maximum Gasteiger partial charge on any atom is 0.115 e. The van der Waals surface area contributed by atoms with E-state index in [0.29, 0.717) is 27.8 Å². The fourth-order valence-electron chi connectivity index (χ4n) is 3.51. The topological polar surface area (TPSA) is 53.8 Å². The molecule has 0 aliphatic rings. The Hall–Kier alpha value is -3.20. The van der Waals surface area contributed by atoms with E-state index in [0.717, 1.165) is 27.9 Å². The molecule has 0 bridgehead atoms. The number of nitriles is 1. The van der Waals surface area contributed by atoms with Gasteiger partial charge in [0.15, 0.2) is 0 Å². The Morgan fingerprint density at radius 3 is 2.18 bits per heavy atom. The Balaban J connectivity index is 1.58. The molecule has 0 aliphatic carbocycles. The minimum atomic E-state index is -0.974. The average Bonchev–Trinajstić information content (AvgIpc) is 2.86. The van der Waals surface area contributed by atoms with Crippen LogP contribution in [0.25, 0.3) is 22.4 Å². The number of aromatic nitrogens is 1. The molecular formula is C28H24N2OS2. The van der Waals surface area contributed by atoms with Crippen molar-refractivity contribution in [3.8, 4) is 28.5 Å². The third-order valence-electron chi connectivity index (χ3n) is 5.25. The highest BCUT2D eigenvalue weighted by molar-refractivity contribution is 8.00. The summed E-state index contributed by atoms with van der Waals surface area (Å²) >= 11 is 1.50. The Labute approximate surface area is 202 Å². The van der Waals surface area contributed by atoms with Gasteiger partial charge in [0.1, 0.15) is 11.1 Å². The zero-order valence-electron chi connectivity index (χ0n) is 18.4. The Morgan fingerprint density at radius 2 is 1.55 bits per heavy atom. The molecule has 0 spiro atoms. The summed E-state index contributed by atoms with van der Waals surface area (Å²) in [6, 6.07) is 32.4. The summed E-state index contributed by atoms with van der Waals surface area (Å²) in [5.74, 6) is 1.71. The lowest BCUT2D eigenvalue weighted by molar-refractivity contribution is 0.683. The summed E-state index contributed by atoms with van der Waals surface area (Å²) in [5, 5.41) is 10.7. The Bertz CT molecular complexity index is 1280. The van der Waals surface area contributed by atoms with Crippen molar-refractivity contribution >= 4 is 22.6 Å². The van der Waals surface area contributed by atoms with E-state index >= 15 is 0 Å². The molecule has 164 valence electrons. The van der Waals surface area contributed by atoms with E-state index in [4.69, 9.17) is 4.98 Å². The predicted molar refractivity (Wildman–Crippen MR) is 138 cm³/mol. The number of hydrogen-bond acceptors (Lipinski definition) is 4. The van der Waals surface area contributed by atoms with Crippen LogP contribution in [0, 0.1) is 18.3 Å². The monoisotopic (exact) mass is 468 g/mol. The highest BCUT2D eigenvalue weighted by Gasteiger charge is 2.16. The third kappa shape index (κ3) is 5.98. The summed E-state index contributed by atoms with van der Waals surface area (Å²) in [7, 11) is -0.974. The number of rotatable bonds is 8. The average molecular weight is 469 g/mol. The van der Waals surface area contributed by atoms with Gasteiger partial charge in [-0.2, -0.15) is 5.26 Å². The first-order valence-corrected chi connectivity index (χ1v) is 13.2. The van der Waals surface area contributed by atoms with Gasteiger partial charge in [0.25, 0.3) is 0 Å². The van der Waals surface area contributed by atoms with E-state index in [1.165, 1.54) is 17.3 Å². The fraction of sp³-hybridized carbons (Fsp3) is 0.143. The lowest BCUT2D eigenvalue weighted by Gasteiger charge is -2.12. The van der Waals surface area contributed by atoms with E-state index in [1.54, 1.807) is 0 Å². The second-order valence-electron chi connectivity index (χ2n) is 7.70. The van der Waals surface area contributed by atoms with Crippen molar-refractivity contribution in [2.45, 2.75) is 17.7 Å². The van der Waals surface area contributed by atoms with Crippen LogP contribution in [0.15, 0.2) is 96.0 Å². The second kappa shape index (κ2) is 11.1. The van der Waals surface area contributed by atoms with Crippen LogP contribution in [0.1, 0.15) is 16.7 Å². The minimum absolute atomic E-state index is 0.540. The normalized spacial score (nSPS) is 11.6. The second-order valence-corrected chi connectivity index (χ2v) is 10.4. The molecule has 3 aromatic carbocycles. The summed E-state index contributed by atoms with van der Waals surface area (Å²) < 4.78 is 12.6. The largest absolute Gasteiger partial charge is 0.259 e. The first kappa shape index (κ1) is 23.0. The number of nitrogens with zero attached hydrogens (tertiary/aromatic N) is 2. The SMILES string of the molecule is Cc1ccc(C[S@@](=O)CCSc2nc(-c3ccccc3)cc(-c3ccccc3)c2C#N)cc1. The lowest BCUT2D eigenvalue weighted by atomic mass is 9.99. The smallest absolute Gasteiger partial charge is 0.115 e. The minimum Gasteiger partial charge on any atom is -0.259 e. The van der Waals surface area contributed by atoms with Crippen molar-refractivity contribution in [2.75, 3.05) is 11.5 Å². The molecule has 0 saturated heterocycles. The Morgan fingerprint density at radius 1 is 0.909 bits per heavy atom. The first-order chi connectivity index (χ1) is 16.1. The van der Waals surface area contributed by atoms with Crippen LogP contribution in [0.5, 0.6) is 0 Å². The van der Waals surface area contributed by atoms with Crippen LogP contribution in [0.2, 0.25) is 0 Å². The lowest BCUT2D eigenvalue weighted by Crippen LogP contribution is -2.04. The maximum absolute atomic E-state index is 12.6. The molecule has 1 atom stereocenters. The zero-order valence-corrected chi connectivity index (χ0v) is 20.0. The molecule has 0 aliphatic heterocycles. The molecule has 0 fully saturated rings. The van der Waals surface area contributed by atoms with Gasteiger partial charge >= 0.3 is 0 Å². The summed E-state index contributed by atoms with van der Waals surface area (Å²) in [6.07, 6.45) is 0. The number of aryl methyl sites for hydroxylation is 1. The van der Waals surface area contributed by atoms with Crippen molar-refractivity contribution in [1.29, 1.82) is 5.26 Å². The molecule has 4 aromatic rings. The predicted octanol–water partition coefficient (Wildman–Crippen LogP) is 6.64. The molecule has 4 rings (SSSR count). The van der Waals surface area contributed by atoms with Crippen LogP contribution in [-0.2, 0) is 16.6 Å². The van der Waals surface area contributed by atoms with E-state index in [2.05, 4.69) is 6.07 Å². The van der Waals surface area contributed by atoms with E-state index in [-0.39, 0.29) is 0 Å². The van der Waals surface area contributed by atoms with Gasteiger partial charge < -0.3 is 0 Å². The molecule has 0 saturated carbocycles. The van der Waals surface area contributed by atoms with Gasteiger partial charge in [0.05, 0.1) is 11.3 Å². The summed E-state index contributed by atoms with van der Waals surface area (Å²) in [6.45, 7) is 2.05. The van der Waals surface area contributed by atoms with Crippen molar-refractivity contribution in [3.05, 3.63) is 108 Å². The highest BCUT2D eigenvalue weighted by Crippen LogP contribution is 2.34. The van der Waals surface area contributed by atoms with Gasteiger partial charge in [0.2, 0.25) is 0 Å². The maximum atomic E-state index is 12.6. The van der Waals surface area contributed by atoms with Crippen molar-refractivity contribution in [1.82, 2.24) is 4.98 Å². The quantitative estimate of drug-likeness (QED) is 0.272. The van der Waals surface area contributed by atoms with E-state index in [9.17, 15) is 9.47 Å². The molecule has 1 aromatic heterocycles. The zero-order chi connectivity index (χ0) is 23.0. The number of benzene rings is 3. The van der Waals surface area contributed by atoms with Crippen molar-refractivity contribution in [2.24, 2.45) is 0 Å². The van der Waals surface area contributed by atoms with Crippen LogP contribution in [0.4, 0.5) is 0 Å². The molecule has 0 radical (unpaired) electrons. The van der Waals surface area contributed by atoms with Crippen LogP contribution < -0.4 is 0 Å². The fourth-order valence-corrected chi connectivity index (χ4v) is 5.95. The van der Waals surface area contributed by atoms with Crippen LogP contribution >= 0.6 is 11.8 Å². The van der Waals surface area contributed by atoms with Gasteiger partial charge in [-0.25, -0.2) is 4.98 Å². The van der Waals surface area contributed by atoms with Gasteiger partial charge in [-0.1, -0.05) is 90.5 Å². The van der Waals surface area contributed by atoms with Gasteiger partial charge in [-0.3, -0.25) is 4.21 Å². The molecule has 1 heterocycles. The number of hydrogen-bond donors (Lipinski definition) is 0. The summed E-state index contributed by atoms with van der Waals surface area (Å²) in [4.78, 5) is 4.83. The highest BCUT2D eigenvalue weighted by atomic mass is 32.2. The number of thioether (sulfide) groups is 1. The first-order valence-electron chi connectivity index (χ1n) is 10.7. The molecular weight excluding hydrogens is 444 g/mol. The van der Waals surface area contributed by atoms with E-state index in [1.807, 2.05) is 97.9 Å². The standard InChI is InChI=1S/C28H24N2OS2/c1-21-12-14-22(15-13-21)20-33(31)17-16-32-28-26(19-29)25(23-8-4-2-5-9-23)18-27(30-28)24-10-6-3-7-11-24/h2-15,18H,16-17,20H2,1H3/t33-/m0/s1. The molecule has 0 N–H and O–H groups in total. The molecule has 3 nitrogen and oxygen atoms in total. The summed E-state index contributed by atoms with van der Waals surface area (Å²) in [5.41, 5.74) is 6.53. The van der Waals surface area contributed by atoms with Crippen LogP contribution in [0.3, 0.4) is 0 Å². The molecule has 0 unspecified atom stereocenters. The van der Waals surface area contributed by atoms with Crippen molar-refractivity contribution in [3.63, 3.8) is 0 Å². The molecule has 0 amide bonds. The molecule has 33 heavy (non-hydrogen) atoms. The number of pyridine rings is 1. The van der Waals surface area contributed by atoms with Gasteiger partial charge in [0, 0.05) is 39.2 Å². The van der Waals surface area contributed by atoms with Gasteiger partial charge in [-0.15, -0.1) is 11.8 Å². The van der Waals surface area contributed by atoms with Gasteiger partial charge in [-0.05, 0) is 24.1 Å². The molecule has 5 heteroatoms.